The standard InChI is InChI=1S/C17H27N3O/c1-4-18-13-16-12-14(2)6-7-17(16)20-9-5-8-19(10-11-20)15(3)21/h6-7,12,18H,4-5,8-11,13H2,1-3H3. The van der Waals surface area contributed by atoms with E-state index < -0.39 is 0 Å². The molecule has 1 aromatic rings. The lowest BCUT2D eigenvalue weighted by atomic mass is 10.1. The first-order valence-electron chi connectivity index (χ1n) is 7.92. The number of rotatable bonds is 4. The summed E-state index contributed by atoms with van der Waals surface area (Å²) in [5.41, 5.74) is 3.96. The third kappa shape index (κ3) is 4.21. The predicted octanol–water partition coefficient (Wildman–Crippen LogP) is 2.16. The highest BCUT2D eigenvalue weighted by Crippen LogP contribution is 2.23. The Morgan fingerprint density at radius 1 is 1.24 bits per heavy atom. The smallest absolute Gasteiger partial charge is 0.219 e. The van der Waals surface area contributed by atoms with Gasteiger partial charge in [0.2, 0.25) is 5.91 Å². The molecule has 0 aliphatic carbocycles. The quantitative estimate of drug-likeness (QED) is 0.922. The van der Waals surface area contributed by atoms with Crippen LogP contribution in [0.15, 0.2) is 18.2 Å². The van der Waals surface area contributed by atoms with Gasteiger partial charge in [0.1, 0.15) is 0 Å². The molecule has 1 heterocycles. The van der Waals surface area contributed by atoms with E-state index in [1.165, 1.54) is 16.8 Å². The Bertz CT molecular complexity index is 487. The summed E-state index contributed by atoms with van der Waals surface area (Å²) in [4.78, 5) is 15.9. The molecule has 4 heteroatoms. The third-order valence-corrected chi connectivity index (χ3v) is 4.08. The summed E-state index contributed by atoms with van der Waals surface area (Å²) >= 11 is 0. The Morgan fingerprint density at radius 2 is 2.05 bits per heavy atom. The summed E-state index contributed by atoms with van der Waals surface area (Å²) in [6, 6.07) is 6.68. The molecule has 0 bridgehead atoms. The second kappa shape index (κ2) is 7.46. The van der Waals surface area contributed by atoms with E-state index >= 15 is 0 Å². The number of nitrogens with one attached hydrogen (secondary N) is 1. The highest BCUT2D eigenvalue weighted by atomic mass is 16.2. The van der Waals surface area contributed by atoms with Crippen LogP contribution in [0.3, 0.4) is 0 Å². The molecule has 116 valence electrons. The molecule has 4 nitrogen and oxygen atoms in total. The van der Waals surface area contributed by atoms with Gasteiger partial charge in [-0.25, -0.2) is 0 Å². The lowest BCUT2D eigenvalue weighted by Crippen LogP contribution is -2.34. The van der Waals surface area contributed by atoms with Crippen LogP contribution in [0.4, 0.5) is 5.69 Å². The molecule has 1 saturated heterocycles. The van der Waals surface area contributed by atoms with Gasteiger partial charge in [0.25, 0.3) is 0 Å². The summed E-state index contributed by atoms with van der Waals surface area (Å²) in [7, 11) is 0. The van der Waals surface area contributed by atoms with Crippen molar-refractivity contribution in [2.24, 2.45) is 0 Å². The number of benzene rings is 1. The molecule has 1 amide bonds. The van der Waals surface area contributed by atoms with Crippen molar-refractivity contribution < 1.29 is 4.79 Å². The first-order chi connectivity index (χ1) is 10.1. The predicted molar refractivity (Wildman–Crippen MR) is 87.6 cm³/mol. The molecule has 0 unspecified atom stereocenters. The summed E-state index contributed by atoms with van der Waals surface area (Å²) < 4.78 is 0. The van der Waals surface area contributed by atoms with Crippen molar-refractivity contribution >= 4 is 11.6 Å². The Hall–Kier alpha value is -1.55. The Kier molecular flexibility index (Phi) is 5.62. The minimum Gasteiger partial charge on any atom is -0.369 e. The molecule has 0 saturated carbocycles. The fraction of sp³-hybridized carbons (Fsp3) is 0.588. The molecule has 1 aliphatic heterocycles. The number of hydrogen-bond acceptors (Lipinski definition) is 3. The Balaban J connectivity index is 2.15. The molecule has 21 heavy (non-hydrogen) atoms. The average Bonchev–Trinajstić information content (AvgIpc) is 2.71. The van der Waals surface area contributed by atoms with Crippen LogP contribution in [-0.4, -0.2) is 43.5 Å². The van der Waals surface area contributed by atoms with E-state index in [2.05, 4.69) is 42.3 Å². The number of carbonyl (C=O) groups is 1. The van der Waals surface area contributed by atoms with E-state index in [1.54, 1.807) is 6.92 Å². The number of hydrogen-bond donors (Lipinski definition) is 1. The van der Waals surface area contributed by atoms with Gasteiger partial charge in [-0.2, -0.15) is 0 Å². The normalized spacial score (nSPS) is 16.0. The molecule has 1 aliphatic rings. The lowest BCUT2D eigenvalue weighted by Gasteiger charge is -2.26. The lowest BCUT2D eigenvalue weighted by molar-refractivity contribution is -0.128. The maximum atomic E-state index is 11.5. The zero-order valence-corrected chi connectivity index (χ0v) is 13.5. The van der Waals surface area contributed by atoms with Crippen LogP contribution < -0.4 is 10.2 Å². The highest BCUT2D eigenvalue weighted by Gasteiger charge is 2.18. The Morgan fingerprint density at radius 3 is 2.76 bits per heavy atom. The van der Waals surface area contributed by atoms with Crippen LogP contribution in [0.5, 0.6) is 0 Å². The monoisotopic (exact) mass is 289 g/mol. The zero-order valence-electron chi connectivity index (χ0n) is 13.5. The van der Waals surface area contributed by atoms with E-state index in [4.69, 9.17) is 0 Å². The molecule has 1 N–H and O–H groups in total. The van der Waals surface area contributed by atoms with Crippen molar-refractivity contribution in [1.29, 1.82) is 0 Å². The summed E-state index contributed by atoms with van der Waals surface area (Å²) in [6.07, 6.45) is 1.04. The maximum Gasteiger partial charge on any atom is 0.219 e. The molecule has 2 rings (SSSR count). The van der Waals surface area contributed by atoms with Crippen LogP contribution in [0.1, 0.15) is 31.4 Å². The second-order valence-electron chi connectivity index (χ2n) is 5.76. The minimum absolute atomic E-state index is 0.189. The Labute approximate surface area is 128 Å². The topological polar surface area (TPSA) is 35.6 Å². The first-order valence-corrected chi connectivity index (χ1v) is 7.92. The largest absolute Gasteiger partial charge is 0.369 e. The molecular weight excluding hydrogens is 262 g/mol. The van der Waals surface area contributed by atoms with Gasteiger partial charge in [-0.3, -0.25) is 4.79 Å². The SMILES string of the molecule is CCNCc1cc(C)ccc1N1CCCN(C(C)=O)CC1. The fourth-order valence-corrected chi connectivity index (χ4v) is 2.90. The first kappa shape index (κ1) is 15.8. The van der Waals surface area contributed by atoms with E-state index in [-0.39, 0.29) is 5.91 Å². The summed E-state index contributed by atoms with van der Waals surface area (Å²) in [6.45, 7) is 11.5. The van der Waals surface area contributed by atoms with Gasteiger partial charge in [0.15, 0.2) is 0 Å². The maximum absolute atomic E-state index is 11.5. The second-order valence-corrected chi connectivity index (χ2v) is 5.76. The van der Waals surface area contributed by atoms with Crippen LogP contribution >= 0.6 is 0 Å². The van der Waals surface area contributed by atoms with Gasteiger partial charge in [-0.15, -0.1) is 0 Å². The van der Waals surface area contributed by atoms with Crippen LogP contribution in [-0.2, 0) is 11.3 Å². The van der Waals surface area contributed by atoms with Crippen LogP contribution in [0.2, 0.25) is 0 Å². The zero-order chi connectivity index (χ0) is 15.2. The molecule has 0 radical (unpaired) electrons. The van der Waals surface area contributed by atoms with Crippen LogP contribution in [0, 0.1) is 6.92 Å². The number of amides is 1. The van der Waals surface area contributed by atoms with Crippen LogP contribution in [0.25, 0.3) is 0 Å². The van der Waals surface area contributed by atoms with Crippen molar-refractivity contribution in [2.75, 3.05) is 37.6 Å². The van der Waals surface area contributed by atoms with Crippen molar-refractivity contribution in [2.45, 2.75) is 33.7 Å². The van der Waals surface area contributed by atoms with Crippen molar-refractivity contribution in [3.63, 3.8) is 0 Å². The third-order valence-electron chi connectivity index (χ3n) is 4.08. The fourth-order valence-electron chi connectivity index (χ4n) is 2.90. The number of aryl methyl sites for hydroxylation is 1. The van der Waals surface area contributed by atoms with Crippen molar-refractivity contribution in [3.05, 3.63) is 29.3 Å². The van der Waals surface area contributed by atoms with Gasteiger partial charge in [0.05, 0.1) is 0 Å². The molecule has 0 aromatic heterocycles. The highest BCUT2D eigenvalue weighted by molar-refractivity contribution is 5.73. The van der Waals surface area contributed by atoms with E-state index in [0.717, 1.165) is 45.7 Å². The van der Waals surface area contributed by atoms with Gasteiger partial charge in [0, 0.05) is 45.3 Å². The van der Waals surface area contributed by atoms with E-state index in [0.29, 0.717) is 0 Å². The molecular formula is C17H27N3O. The molecule has 1 aromatic carbocycles. The number of anilines is 1. The van der Waals surface area contributed by atoms with Crippen molar-refractivity contribution in [3.8, 4) is 0 Å². The van der Waals surface area contributed by atoms with Gasteiger partial charge in [-0.1, -0.05) is 24.6 Å². The molecule has 0 spiro atoms. The van der Waals surface area contributed by atoms with Crippen molar-refractivity contribution in [1.82, 2.24) is 10.2 Å². The summed E-state index contributed by atoms with van der Waals surface area (Å²) in [5, 5.41) is 3.42. The minimum atomic E-state index is 0.189. The van der Waals surface area contributed by atoms with Gasteiger partial charge < -0.3 is 15.1 Å². The van der Waals surface area contributed by atoms with E-state index in [9.17, 15) is 4.79 Å². The van der Waals surface area contributed by atoms with Gasteiger partial charge >= 0.3 is 0 Å². The molecule has 1 fully saturated rings. The summed E-state index contributed by atoms with van der Waals surface area (Å²) in [5.74, 6) is 0.189. The average molecular weight is 289 g/mol. The number of nitrogens with zero attached hydrogens (tertiary/aromatic N) is 2. The van der Waals surface area contributed by atoms with E-state index in [1.807, 2.05) is 4.90 Å². The van der Waals surface area contributed by atoms with Gasteiger partial charge in [-0.05, 0) is 31.5 Å². The molecule has 0 atom stereocenters. The number of carbonyl (C=O) groups excluding carboxylic acids is 1.